The maximum absolute atomic E-state index is 12.0. The molecule has 21 heavy (non-hydrogen) atoms. The predicted octanol–water partition coefficient (Wildman–Crippen LogP) is 1.59. The molecule has 0 radical (unpaired) electrons. The zero-order valence-corrected chi connectivity index (χ0v) is 12.1. The molecule has 1 amide bonds. The Morgan fingerprint density at radius 3 is 2.86 bits per heavy atom. The van der Waals surface area contributed by atoms with Gasteiger partial charge in [-0.15, -0.1) is 0 Å². The summed E-state index contributed by atoms with van der Waals surface area (Å²) in [6.07, 6.45) is 9.23. The molecule has 3 rings (SSSR count). The number of hydrogen-bond donors (Lipinski definition) is 1. The molecule has 112 valence electrons. The van der Waals surface area contributed by atoms with Crippen LogP contribution in [0.15, 0.2) is 29.1 Å². The second kappa shape index (κ2) is 6.24. The van der Waals surface area contributed by atoms with Crippen LogP contribution in [-0.2, 0) is 11.3 Å². The molecular weight excluding hydrogens is 266 g/mol. The molecule has 5 nitrogen and oxygen atoms in total. The molecule has 1 unspecified atom stereocenters. The molecule has 1 aromatic rings. The Bertz CT molecular complexity index is 602. The summed E-state index contributed by atoms with van der Waals surface area (Å²) in [5.41, 5.74) is 0.896. The van der Waals surface area contributed by atoms with Gasteiger partial charge in [-0.05, 0) is 38.2 Å². The van der Waals surface area contributed by atoms with E-state index in [4.69, 9.17) is 0 Å². The first kappa shape index (κ1) is 14.0. The summed E-state index contributed by atoms with van der Waals surface area (Å²) in [5, 5.41) is 7.31. The van der Waals surface area contributed by atoms with E-state index in [1.807, 2.05) is 6.07 Å². The zero-order chi connectivity index (χ0) is 14.7. The molecule has 5 heteroatoms. The molecule has 1 N–H and O–H groups in total. The molecule has 0 aromatic carbocycles. The molecule has 1 atom stereocenters. The van der Waals surface area contributed by atoms with Crippen molar-refractivity contribution in [2.24, 2.45) is 5.92 Å². The highest BCUT2D eigenvalue weighted by Gasteiger charge is 2.25. The van der Waals surface area contributed by atoms with Crippen molar-refractivity contribution in [1.82, 2.24) is 15.1 Å². The molecule has 1 saturated carbocycles. The second-order valence-corrected chi connectivity index (χ2v) is 5.87. The first-order chi connectivity index (χ1) is 10.2. The van der Waals surface area contributed by atoms with E-state index >= 15 is 0 Å². The lowest BCUT2D eigenvalue weighted by Gasteiger charge is -2.17. The molecular formula is C16H21N3O2. The Balaban J connectivity index is 1.52. The van der Waals surface area contributed by atoms with E-state index in [-0.39, 0.29) is 17.4 Å². The number of nitrogens with zero attached hydrogens (tertiary/aromatic N) is 2. The molecule has 0 aliphatic heterocycles. The van der Waals surface area contributed by atoms with Gasteiger partial charge in [-0.25, -0.2) is 4.68 Å². The van der Waals surface area contributed by atoms with Gasteiger partial charge in [0.15, 0.2) is 0 Å². The third-order valence-electron chi connectivity index (χ3n) is 4.15. The minimum atomic E-state index is -0.103. The van der Waals surface area contributed by atoms with Gasteiger partial charge < -0.3 is 5.32 Å². The van der Waals surface area contributed by atoms with Crippen LogP contribution in [0, 0.1) is 5.92 Å². The summed E-state index contributed by atoms with van der Waals surface area (Å²) in [4.78, 5) is 23.8. The summed E-state index contributed by atoms with van der Waals surface area (Å²) in [7, 11) is 0. The van der Waals surface area contributed by atoms with Crippen LogP contribution in [0.1, 0.15) is 43.7 Å². The topological polar surface area (TPSA) is 64.0 Å². The van der Waals surface area contributed by atoms with Crippen molar-refractivity contribution in [3.63, 3.8) is 0 Å². The molecule has 0 spiro atoms. The number of rotatable bonds is 5. The SMILES string of the molecule is O=C(NCCn1nc(C2CC2)ccc1=O)C1CC=CCC1. The van der Waals surface area contributed by atoms with Crippen molar-refractivity contribution >= 4 is 5.91 Å². The van der Waals surface area contributed by atoms with Crippen molar-refractivity contribution in [1.29, 1.82) is 0 Å². The van der Waals surface area contributed by atoms with E-state index in [1.54, 1.807) is 6.07 Å². The third kappa shape index (κ3) is 3.60. The fraction of sp³-hybridized carbons (Fsp3) is 0.562. The van der Waals surface area contributed by atoms with E-state index in [1.165, 1.54) is 4.68 Å². The number of carbonyl (C=O) groups is 1. The first-order valence-electron chi connectivity index (χ1n) is 7.75. The highest BCUT2D eigenvalue weighted by Crippen LogP contribution is 2.38. The molecule has 1 heterocycles. The highest BCUT2D eigenvalue weighted by molar-refractivity contribution is 5.78. The average molecular weight is 287 g/mol. The Morgan fingerprint density at radius 2 is 2.14 bits per heavy atom. The van der Waals surface area contributed by atoms with Crippen LogP contribution in [-0.4, -0.2) is 22.2 Å². The van der Waals surface area contributed by atoms with Crippen molar-refractivity contribution in [3.05, 3.63) is 40.3 Å². The van der Waals surface area contributed by atoms with Crippen LogP contribution >= 0.6 is 0 Å². The smallest absolute Gasteiger partial charge is 0.266 e. The molecule has 1 aromatic heterocycles. The first-order valence-corrected chi connectivity index (χ1v) is 7.75. The van der Waals surface area contributed by atoms with Crippen LogP contribution in [0.3, 0.4) is 0 Å². The van der Waals surface area contributed by atoms with Crippen LogP contribution < -0.4 is 10.9 Å². The lowest BCUT2D eigenvalue weighted by molar-refractivity contribution is -0.125. The number of amides is 1. The van der Waals surface area contributed by atoms with Crippen molar-refractivity contribution in [2.45, 2.75) is 44.6 Å². The average Bonchev–Trinajstić information content (AvgIpc) is 3.35. The molecule has 2 aliphatic rings. The summed E-state index contributed by atoms with van der Waals surface area (Å²) in [5.74, 6) is 0.698. The monoisotopic (exact) mass is 287 g/mol. The maximum Gasteiger partial charge on any atom is 0.266 e. The van der Waals surface area contributed by atoms with Gasteiger partial charge in [0, 0.05) is 24.4 Å². The number of carbonyl (C=O) groups excluding carboxylic acids is 1. The summed E-state index contributed by atoms with van der Waals surface area (Å²) >= 11 is 0. The fourth-order valence-electron chi connectivity index (χ4n) is 2.68. The Morgan fingerprint density at radius 1 is 1.29 bits per heavy atom. The molecule has 0 saturated heterocycles. The molecule has 2 aliphatic carbocycles. The minimum Gasteiger partial charge on any atom is -0.354 e. The second-order valence-electron chi connectivity index (χ2n) is 5.87. The lowest BCUT2D eigenvalue weighted by Crippen LogP contribution is -2.35. The summed E-state index contributed by atoms with van der Waals surface area (Å²) in [6, 6.07) is 3.40. The molecule has 0 bridgehead atoms. The third-order valence-corrected chi connectivity index (χ3v) is 4.15. The number of hydrogen-bond acceptors (Lipinski definition) is 3. The zero-order valence-electron chi connectivity index (χ0n) is 12.1. The van der Waals surface area contributed by atoms with Crippen molar-refractivity contribution in [3.8, 4) is 0 Å². The number of allylic oxidation sites excluding steroid dienone is 2. The fourth-order valence-corrected chi connectivity index (χ4v) is 2.68. The predicted molar refractivity (Wildman–Crippen MR) is 80.0 cm³/mol. The summed E-state index contributed by atoms with van der Waals surface area (Å²) < 4.78 is 1.47. The van der Waals surface area contributed by atoms with Crippen LogP contribution in [0.25, 0.3) is 0 Å². The van der Waals surface area contributed by atoms with Gasteiger partial charge in [0.05, 0.1) is 12.2 Å². The lowest BCUT2D eigenvalue weighted by atomic mass is 9.94. The summed E-state index contributed by atoms with van der Waals surface area (Å²) in [6.45, 7) is 0.897. The van der Waals surface area contributed by atoms with Gasteiger partial charge >= 0.3 is 0 Å². The normalized spacial score (nSPS) is 21.2. The van der Waals surface area contributed by atoms with Gasteiger partial charge in [0.2, 0.25) is 5.91 Å². The van der Waals surface area contributed by atoms with Gasteiger partial charge in [-0.1, -0.05) is 12.2 Å². The van der Waals surface area contributed by atoms with E-state index in [2.05, 4.69) is 22.6 Å². The van der Waals surface area contributed by atoms with E-state index in [9.17, 15) is 9.59 Å². The minimum absolute atomic E-state index is 0.0810. The highest BCUT2D eigenvalue weighted by atomic mass is 16.2. The Kier molecular flexibility index (Phi) is 4.18. The van der Waals surface area contributed by atoms with E-state index in [0.717, 1.165) is 37.8 Å². The van der Waals surface area contributed by atoms with Crippen molar-refractivity contribution < 1.29 is 4.79 Å². The van der Waals surface area contributed by atoms with Crippen molar-refractivity contribution in [2.75, 3.05) is 6.54 Å². The van der Waals surface area contributed by atoms with Crippen LogP contribution in [0.4, 0.5) is 0 Å². The standard InChI is InChI=1S/C16H21N3O2/c20-15-9-8-14(12-6-7-12)18-19(15)11-10-17-16(21)13-4-2-1-3-5-13/h1-2,8-9,12-13H,3-7,10-11H2,(H,17,21). The largest absolute Gasteiger partial charge is 0.354 e. The quantitative estimate of drug-likeness (QED) is 0.837. The Labute approximate surface area is 124 Å². The number of aromatic nitrogens is 2. The number of nitrogens with one attached hydrogen (secondary N) is 1. The Hall–Kier alpha value is -1.91. The van der Waals surface area contributed by atoms with Gasteiger partial charge in [0.25, 0.3) is 5.56 Å². The van der Waals surface area contributed by atoms with Gasteiger partial charge in [-0.3, -0.25) is 9.59 Å². The molecule has 1 fully saturated rings. The van der Waals surface area contributed by atoms with E-state index < -0.39 is 0 Å². The van der Waals surface area contributed by atoms with E-state index in [0.29, 0.717) is 19.0 Å². The van der Waals surface area contributed by atoms with Gasteiger partial charge in [-0.2, -0.15) is 5.10 Å². The van der Waals surface area contributed by atoms with Gasteiger partial charge in [0.1, 0.15) is 0 Å². The maximum atomic E-state index is 12.0. The van der Waals surface area contributed by atoms with Crippen LogP contribution in [0.2, 0.25) is 0 Å². The van der Waals surface area contributed by atoms with Crippen LogP contribution in [0.5, 0.6) is 0 Å².